The van der Waals surface area contributed by atoms with E-state index in [1.165, 1.54) is 0 Å². The van der Waals surface area contributed by atoms with Crippen molar-refractivity contribution in [3.8, 4) is 6.07 Å². The minimum absolute atomic E-state index is 0.230. The predicted molar refractivity (Wildman–Crippen MR) is 54.4 cm³/mol. The number of carbonyl (C=O) groups excluding carboxylic acids is 1. The molecule has 0 aliphatic carbocycles. The highest BCUT2D eigenvalue weighted by Gasteiger charge is 2.15. The molecule has 0 saturated carbocycles. The second-order valence-electron chi connectivity index (χ2n) is 3.12. The lowest BCUT2D eigenvalue weighted by Crippen LogP contribution is -2.11. The number of rotatable bonds is 2. The molecule has 0 unspecified atom stereocenters. The molecule has 0 aliphatic rings. The van der Waals surface area contributed by atoms with Crippen LogP contribution in [0.2, 0.25) is 0 Å². The first-order valence-electron chi connectivity index (χ1n) is 4.65. The average Bonchev–Trinajstić information content (AvgIpc) is 2.21. The molecule has 0 amide bonds. The lowest BCUT2D eigenvalue weighted by Gasteiger charge is -2.06. The third-order valence-corrected chi connectivity index (χ3v) is 1.99. The summed E-state index contributed by atoms with van der Waals surface area (Å²) in [7, 11) is 0. The summed E-state index contributed by atoms with van der Waals surface area (Å²) in [4.78, 5) is 15.6. The zero-order valence-electron chi connectivity index (χ0n) is 9.00. The third kappa shape index (κ3) is 2.32. The summed E-state index contributed by atoms with van der Waals surface area (Å²) in [5.74, 6) is -0.477. The summed E-state index contributed by atoms with van der Waals surface area (Å²) in [6.45, 7) is 5.46. The largest absolute Gasteiger partial charge is 0.461 e. The van der Waals surface area contributed by atoms with Crippen molar-refractivity contribution >= 4 is 5.97 Å². The molecule has 0 spiro atoms. The fraction of sp³-hybridized carbons (Fsp3) is 0.364. The van der Waals surface area contributed by atoms with E-state index >= 15 is 0 Å². The van der Waals surface area contributed by atoms with Crippen LogP contribution in [0.1, 0.15) is 34.2 Å². The zero-order chi connectivity index (χ0) is 11.4. The maximum atomic E-state index is 11.5. The lowest BCUT2D eigenvalue weighted by atomic mass is 10.1. The van der Waals surface area contributed by atoms with E-state index in [0.29, 0.717) is 23.4 Å². The molecule has 4 nitrogen and oxygen atoms in total. The molecule has 0 radical (unpaired) electrons. The van der Waals surface area contributed by atoms with Crippen molar-refractivity contribution in [2.45, 2.75) is 20.8 Å². The highest BCUT2D eigenvalue weighted by molar-refractivity contribution is 5.89. The van der Waals surface area contributed by atoms with E-state index in [1.54, 1.807) is 26.8 Å². The van der Waals surface area contributed by atoms with Crippen molar-refractivity contribution in [2.24, 2.45) is 0 Å². The summed E-state index contributed by atoms with van der Waals surface area (Å²) >= 11 is 0. The number of pyridine rings is 1. The fourth-order valence-electron chi connectivity index (χ4n) is 1.25. The van der Waals surface area contributed by atoms with E-state index in [-0.39, 0.29) is 5.69 Å². The number of esters is 1. The van der Waals surface area contributed by atoms with Crippen LogP contribution in [0.25, 0.3) is 0 Å². The van der Waals surface area contributed by atoms with E-state index in [2.05, 4.69) is 4.98 Å². The summed E-state index contributed by atoms with van der Waals surface area (Å²) in [5.41, 5.74) is 1.90. The first-order valence-corrected chi connectivity index (χ1v) is 4.65. The molecule has 78 valence electrons. The van der Waals surface area contributed by atoms with Crippen molar-refractivity contribution in [1.29, 1.82) is 5.26 Å². The Balaban J connectivity index is 3.24. The smallest absolute Gasteiger partial charge is 0.357 e. The summed E-state index contributed by atoms with van der Waals surface area (Å²) < 4.78 is 4.85. The van der Waals surface area contributed by atoms with Crippen LogP contribution in [0, 0.1) is 25.2 Å². The van der Waals surface area contributed by atoms with E-state index in [0.717, 1.165) is 0 Å². The van der Waals surface area contributed by atoms with Gasteiger partial charge in [-0.15, -0.1) is 0 Å². The van der Waals surface area contributed by atoms with Gasteiger partial charge in [0, 0.05) is 5.69 Å². The Morgan fingerprint density at radius 1 is 1.60 bits per heavy atom. The zero-order valence-corrected chi connectivity index (χ0v) is 9.00. The predicted octanol–water partition coefficient (Wildman–Crippen LogP) is 1.75. The lowest BCUT2D eigenvalue weighted by molar-refractivity contribution is 0.0518. The van der Waals surface area contributed by atoms with Gasteiger partial charge in [0.15, 0.2) is 5.69 Å². The number of nitrogens with zero attached hydrogens (tertiary/aromatic N) is 2. The molecule has 0 saturated heterocycles. The summed E-state index contributed by atoms with van der Waals surface area (Å²) in [6.07, 6.45) is 0. The van der Waals surface area contributed by atoms with Gasteiger partial charge in [-0.3, -0.25) is 0 Å². The van der Waals surface area contributed by atoms with Gasteiger partial charge in [0.2, 0.25) is 0 Å². The quantitative estimate of drug-likeness (QED) is 0.688. The van der Waals surface area contributed by atoms with Crippen LogP contribution < -0.4 is 0 Å². The minimum atomic E-state index is -0.477. The minimum Gasteiger partial charge on any atom is -0.461 e. The second kappa shape index (κ2) is 4.56. The van der Waals surface area contributed by atoms with Crippen molar-refractivity contribution < 1.29 is 9.53 Å². The number of ether oxygens (including phenoxy) is 1. The van der Waals surface area contributed by atoms with Crippen molar-refractivity contribution in [3.63, 3.8) is 0 Å². The van der Waals surface area contributed by atoms with Gasteiger partial charge in [-0.2, -0.15) is 5.26 Å². The molecule has 1 rings (SSSR count). The number of carbonyl (C=O) groups is 1. The Morgan fingerprint density at radius 2 is 2.27 bits per heavy atom. The number of nitriles is 1. The fourth-order valence-corrected chi connectivity index (χ4v) is 1.25. The van der Waals surface area contributed by atoms with Crippen LogP contribution in [-0.2, 0) is 4.74 Å². The van der Waals surface area contributed by atoms with Gasteiger partial charge in [0.25, 0.3) is 0 Å². The first kappa shape index (κ1) is 11.2. The van der Waals surface area contributed by atoms with E-state index in [1.807, 2.05) is 6.07 Å². The van der Waals surface area contributed by atoms with Gasteiger partial charge >= 0.3 is 5.97 Å². The van der Waals surface area contributed by atoms with E-state index in [9.17, 15) is 4.79 Å². The highest BCUT2D eigenvalue weighted by atomic mass is 16.5. The van der Waals surface area contributed by atoms with Crippen LogP contribution in [0.4, 0.5) is 0 Å². The maximum Gasteiger partial charge on any atom is 0.357 e. The number of hydrogen-bond acceptors (Lipinski definition) is 4. The Bertz CT molecular complexity index is 433. The maximum absolute atomic E-state index is 11.5. The molecular weight excluding hydrogens is 192 g/mol. The average molecular weight is 204 g/mol. The molecule has 0 aliphatic heterocycles. The molecule has 1 heterocycles. The topological polar surface area (TPSA) is 63.0 Å². The molecule has 1 aromatic heterocycles. The van der Waals surface area contributed by atoms with Crippen LogP contribution in [0.5, 0.6) is 0 Å². The number of aromatic nitrogens is 1. The van der Waals surface area contributed by atoms with E-state index in [4.69, 9.17) is 10.00 Å². The van der Waals surface area contributed by atoms with Gasteiger partial charge in [0.05, 0.1) is 18.2 Å². The van der Waals surface area contributed by atoms with Crippen molar-refractivity contribution in [2.75, 3.05) is 6.61 Å². The van der Waals surface area contributed by atoms with Gasteiger partial charge in [-0.05, 0) is 32.4 Å². The molecule has 0 bridgehead atoms. The molecule has 0 fully saturated rings. The Labute approximate surface area is 88.5 Å². The highest BCUT2D eigenvalue weighted by Crippen LogP contribution is 2.13. The molecule has 0 aromatic carbocycles. The van der Waals surface area contributed by atoms with Gasteiger partial charge < -0.3 is 4.74 Å². The molecule has 0 atom stereocenters. The monoisotopic (exact) mass is 204 g/mol. The molecule has 15 heavy (non-hydrogen) atoms. The number of hydrogen-bond donors (Lipinski definition) is 0. The standard InChI is InChI=1S/C11H12N2O2/c1-4-15-11(14)10-8(3)9(6-12)5-7(2)13-10/h5H,4H2,1-3H3. The first-order chi connectivity index (χ1) is 7.10. The summed E-state index contributed by atoms with van der Waals surface area (Å²) in [5, 5.41) is 8.85. The van der Waals surface area contributed by atoms with Crippen molar-refractivity contribution in [3.05, 3.63) is 28.6 Å². The number of aryl methyl sites for hydroxylation is 1. The Morgan fingerprint density at radius 3 is 2.80 bits per heavy atom. The SMILES string of the molecule is CCOC(=O)c1nc(C)cc(C#N)c1C. The second-order valence-corrected chi connectivity index (χ2v) is 3.12. The van der Waals surface area contributed by atoms with E-state index < -0.39 is 5.97 Å². The van der Waals surface area contributed by atoms with Gasteiger partial charge in [-0.25, -0.2) is 9.78 Å². The van der Waals surface area contributed by atoms with Crippen LogP contribution >= 0.6 is 0 Å². The summed E-state index contributed by atoms with van der Waals surface area (Å²) in [6, 6.07) is 3.68. The van der Waals surface area contributed by atoms with Crippen molar-refractivity contribution in [1.82, 2.24) is 4.98 Å². The Kier molecular flexibility index (Phi) is 3.40. The van der Waals surface area contributed by atoms with Crippen LogP contribution in [0.15, 0.2) is 6.07 Å². The van der Waals surface area contributed by atoms with Crippen LogP contribution in [-0.4, -0.2) is 17.6 Å². The van der Waals surface area contributed by atoms with Gasteiger partial charge in [0.1, 0.15) is 0 Å². The third-order valence-electron chi connectivity index (χ3n) is 1.99. The van der Waals surface area contributed by atoms with Gasteiger partial charge in [-0.1, -0.05) is 0 Å². The molecule has 0 N–H and O–H groups in total. The molecule has 1 aromatic rings. The van der Waals surface area contributed by atoms with Crippen LogP contribution in [0.3, 0.4) is 0 Å². The molecular formula is C11H12N2O2. The Hall–Kier alpha value is -1.89. The molecule has 4 heteroatoms. The normalized spacial score (nSPS) is 9.47.